The fourth-order valence-electron chi connectivity index (χ4n) is 1.39. The fourth-order valence-corrected chi connectivity index (χ4v) is 6.12. The molecule has 0 bridgehead atoms. The summed E-state index contributed by atoms with van der Waals surface area (Å²) in [5, 5.41) is 0. The van der Waals surface area contributed by atoms with Crippen molar-refractivity contribution in [3.8, 4) is 0 Å². The van der Waals surface area contributed by atoms with Crippen LogP contribution in [0.2, 0.25) is 1.78 Å². The van der Waals surface area contributed by atoms with Crippen molar-refractivity contribution in [1.82, 2.24) is 9.80 Å². The van der Waals surface area contributed by atoms with Crippen LogP contribution in [0.4, 0.5) is 0 Å². The molecule has 0 amide bonds. The van der Waals surface area contributed by atoms with Crippen LogP contribution in [0.1, 0.15) is 12.8 Å². The van der Waals surface area contributed by atoms with Crippen LogP contribution < -0.4 is 0 Å². The Hall–Kier alpha value is 1.49. The summed E-state index contributed by atoms with van der Waals surface area (Å²) in [6, 6.07) is 0. The van der Waals surface area contributed by atoms with Crippen LogP contribution >= 0.6 is 0 Å². The van der Waals surface area contributed by atoms with E-state index in [9.17, 15) is 0 Å². The second-order valence-electron chi connectivity index (χ2n) is 4.37. The van der Waals surface area contributed by atoms with Crippen molar-refractivity contribution in [2.24, 2.45) is 0 Å². The van der Waals surface area contributed by atoms with Gasteiger partial charge in [0.15, 0.2) is 0 Å². The first-order valence-corrected chi connectivity index (χ1v) is 11.7. The van der Waals surface area contributed by atoms with E-state index in [4.69, 9.17) is 0 Å². The molecule has 0 aromatic rings. The predicted octanol–water partition coefficient (Wildman–Crippen LogP) is 1.43. The van der Waals surface area contributed by atoms with E-state index in [1.165, 1.54) is 25.9 Å². The van der Waals surface area contributed by atoms with E-state index in [0.29, 0.717) is 0 Å². The van der Waals surface area contributed by atoms with Gasteiger partial charge in [-0.2, -0.15) is 0 Å². The molecule has 3 heteroatoms. The van der Waals surface area contributed by atoms with Gasteiger partial charge in [0.25, 0.3) is 0 Å². The monoisotopic (exact) mass is 310 g/mol. The predicted molar refractivity (Wildman–Crippen MR) is 61.7 cm³/mol. The minimum atomic E-state index is -0.407. The molecular weight excluding hydrogens is 285 g/mol. The average molecular weight is 310 g/mol. The van der Waals surface area contributed by atoms with Crippen LogP contribution in [0.15, 0.2) is 0 Å². The molecular formula is C10H24BaN2. The van der Waals surface area contributed by atoms with Crippen LogP contribution in [-0.4, -0.2) is 95.3 Å². The van der Waals surface area contributed by atoms with Crippen molar-refractivity contribution in [2.75, 3.05) is 41.3 Å². The van der Waals surface area contributed by atoms with E-state index in [1.807, 2.05) is 0 Å². The Morgan fingerprint density at radius 3 is 1.46 bits per heavy atom. The van der Waals surface area contributed by atoms with Crippen molar-refractivity contribution in [3.05, 3.63) is 0 Å². The summed E-state index contributed by atoms with van der Waals surface area (Å²) in [5.74, 6) is 0. The zero-order chi connectivity index (χ0) is 10.1. The molecule has 0 rings (SSSR count). The van der Waals surface area contributed by atoms with Crippen molar-refractivity contribution in [2.45, 2.75) is 14.6 Å². The third-order valence-electron chi connectivity index (χ3n) is 2.21. The first kappa shape index (κ1) is 14.5. The third kappa shape index (κ3) is 13.5. The summed E-state index contributed by atoms with van der Waals surface area (Å²) in [6.07, 6.45) is 2.91. The Balaban J connectivity index is 2.92. The van der Waals surface area contributed by atoms with Gasteiger partial charge >= 0.3 is 110 Å². The molecule has 76 valence electrons. The van der Waals surface area contributed by atoms with Crippen LogP contribution in [0.5, 0.6) is 0 Å². The Kier molecular flexibility index (Phi) is 11.2. The van der Waals surface area contributed by atoms with Gasteiger partial charge in [0.05, 0.1) is 0 Å². The summed E-state index contributed by atoms with van der Waals surface area (Å²) in [5.41, 5.74) is 0. The molecule has 0 atom stereocenters. The molecule has 0 aromatic heterocycles. The van der Waals surface area contributed by atoms with Crippen LogP contribution in [0.25, 0.3) is 0 Å². The standard InChI is InChI=1S/2C5H12N.Ba/c2*1-4-5-6(2)3;/h2*1,4-5H2,2-3H3;. The maximum atomic E-state index is 2.30. The molecule has 0 aliphatic carbocycles. The molecule has 0 radical (unpaired) electrons. The van der Waals surface area contributed by atoms with E-state index in [2.05, 4.69) is 38.0 Å². The topological polar surface area (TPSA) is 6.48 Å². The molecule has 0 aromatic carbocycles. The number of rotatable bonds is 8. The summed E-state index contributed by atoms with van der Waals surface area (Å²) < 4.78 is 3.23. The number of hydrogen-bond acceptors (Lipinski definition) is 2. The molecule has 0 fully saturated rings. The Morgan fingerprint density at radius 1 is 0.769 bits per heavy atom. The minimum absolute atomic E-state index is 0.407. The second kappa shape index (κ2) is 10.0. The molecule has 0 aliphatic heterocycles. The van der Waals surface area contributed by atoms with E-state index in [-0.39, 0.29) is 0 Å². The van der Waals surface area contributed by atoms with E-state index >= 15 is 0 Å². The quantitative estimate of drug-likeness (QED) is 0.494. The van der Waals surface area contributed by atoms with Gasteiger partial charge in [-0.15, -0.1) is 0 Å². The van der Waals surface area contributed by atoms with Gasteiger partial charge in [-0.25, -0.2) is 0 Å². The van der Waals surface area contributed by atoms with Crippen LogP contribution in [0.3, 0.4) is 0 Å². The maximum absolute atomic E-state index is 2.30. The zero-order valence-electron chi connectivity index (χ0n) is 9.84. The van der Waals surface area contributed by atoms with Crippen LogP contribution in [-0.2, 0) is 0 Å². The summed E-state index contributed by atoms with van der Waals surface area (Å²) in [7, 11) is 8.68. The molecule has 0 spiro atoms. The van der Waals surface area contributed by atoms with Crippen molar-refractivity contribution >= 4 is 44.2 Å². The molecule has 0 saturated heterocycles. The van der Waals surface area contributed by atoms with Gasteiger partial charge in [0.2, 0.25) is 0 Å². The molecule has 0 unspecified atom stereocenters. The Bertz CT molecular complexity index is 93.1. The third-order valence-corrected chi connectivity index (χ3v) is 8.49. The number of hydrogen-bond donors (Lipinski definition) is 0. The molecule has 0 saturated carbocycles. The normalized spacial score (nSPS) is 10.9. The van der Waals surface area contributed by atoms with Gasteiger partial charge < -0.3 is 0 Å². The van der Waals surface area contributed by atoms with Crippen molar-refractivity contribution in [1.29, 1.82) is 0 Å². The average Bonchev–Trinajstić information content (AvgIpc) is 2.01. The van der Waals surface area contributed by atoms with Crippen molar-refractivity contribution in [3.63, 3.8) is 0 Å². The second-order valence-corrected chi connectivity index (χ2v) is 11.0. The Morgan fingerprint density at radius 2 is 1.15 bits per heavy atom. The molecule has 2 nitrogen and oxygen atoms in total. The summed E-state index contributed by atoms with van der Waals surface area (Å²) in [6.45, 7) is 2.60. The van der Waals surface area contributed by atoms with Crippen LogP contribution in [0, 0.1) is 0 Å². The Labute approximate surface area is 108 Å². The van der Waals surface area contributed by atoms with Gasteiger partial charge in [0, 0.05) is 0 Å². The van der Waals surface area contributed by atoms with E-state index < -0.39 is 44.2 Å². The van der Waals surface area contributed by atoms with E-state index in [1.54, 1.807) is 1.78 Å². The van der Waals surface area contributed by atoms with Gasteiger partial charge in [-0.1, -0.05) is 0 Å². The zero-order valence-corrected chi connectivity index (χ0v) is 14.3. The van der Waals surface area contributed by atoms with Gasteiger partial charge in [-0.05, 0) is 0 Å². The molecule has 13 heavy (non-hydrogen) atoms. The van der Waals surface area contributed by atoms with E-state index in [0.717, 1.165) is 0 Å². The molecule has 0 N–H and O–H groups in total. The summed E-state index contributed by atoms with van der Waals surface area (Å²) in [4.78, 5) is 4.60. The molecule has 0 heterocycles. The SMILES string of the molecule is CN(C)CC[CH2][Ba][CH2]CCN(C)C. The van der Waals surface area contributed by atoms with Gasteiger partial charge in [0.1, 0.15) is 0 Å². The molecule has 0 aliphatic rings. The first-order valence-electron chi connectivity index (χ1n) is 5.42. The number of nitrogens with zero attached hydrogens (tertiary/aromatic N) is 2. The van der Waals surface area contributed by atoms with Gasteiger partial charge in [-0.3, -0.25) is 0 Å². The van der Waals surface area contributed by atoms with Crippen molar-refractivity contribution < 1.29 is 0 Å². The fraction of sp³-hybridized carbons (Fsp3) is 1.00. The first-order chi connectivity index (χ1) is 6.13. The summed E-state index contributed by atoms with van der Waals surface area (Å²) >= 11 is -0.407.